The van der Waals surface area contributed by atoms with E-state index in [1.165, 1.54) is 0 Å². The highest BCUT2D eigenvalue weighted by Crippen LogP contribution is 2.62. The lowest BCUT2D eigenvalue weighted by Gasteiger charge is -2.53. The molecule has 41 heavy (non-hydrogen) atoms. The Labute approximate surface area is 241 Å². The largest absolute Gasteiger partial charge is 0.458 e. The number of esters is 1. The van der Waals surface area contributed by atoms with Crippen LogP contribution in [0.25, 0.3) is 0 Å². The van der Waals surface area contributed by atoms with Gasteiger partial charge in [-0.15, -0.1) is 4.91 Å². The van der Waals surface area contributed by atoms with Crippen molar-refractivity contribution in [2.75, 3.05) is 19.8 Å². The predicted octanol–water partition coefficient (Wildman–Crippen LogP) is 5.23. The fourth-order valence-electron chi connectivity index (χ4n) is 7.24. The number of rotatable bonds is 13. The minimum Gasteiger partial charge on any atom is -0.458 e. The second kappa shape index (κ2) is 14.8. The number of fused-ring (bicyclic) bond motifs is 3. The first-order valence-corrected chi connectivity index (χ1v) is 14.8. The summed E-state index contributed by atoms with van der Waals surface area (Å²) in [6.45, 7) is 7.95. The maximum absolute atomic E-state index is 16.6. The number of allylic oxidation sites excluding steroid dienone is 5. The lowest BCUT2D eigenvalue weighted by Crippen LogP contribution is -2.58. The van der Waals surface area contributed by atoms with Crippen molar-refractivity contribution in [3.8, 4) is 0 Å². The number of carbonyl (C=O) groups excluding carboxylic acids is 3. The summed E-state index contributed by atoms with van der Waals surface area (Å²) in [5, 5.41) is 16.1. The van der Waals surface area contributed by atoms with Crippen molar-refractivity contribution in [2.45, 2.75) is 96.2 Å². The molecule has 0 saturated heterocycles. The number of ether oxygens (including phenoxy) is 1. The smallest absolute Gasteiger partial charge is 0.308 e. The first-order chi connectivity index (χ1) is 19.5. The summed E-state index contributed by atoms with van der Waals surface area (Å²) in [6, 6.07) is 0. The van der Waals surface area contributed by atoms with Gasteiger partial charge in [0.05, 0.1) is 12.5 Å². The maximum Gasteiger partial charge on any atom is 0.308 e. The Hall–Kier alpha value is -2.88. The van der Waals surface area contributed by atoms with Crippen molar-refractivity contribution in [2.24, 2.45) is 28.5 Å². The predicted molar refractivity (Wildman–Crippen MR) is 152 cm³/mol. The first kappa shape index (κ1) is 32.6. The van der Waals surface area contributed by atoms with Crippen LogP contribution in [0.3, 0.4) is 0 Å². The Morgan fingerprint density at radius 1 is 1.17 bits per heavy atom. The van der Waals surface area contributed by atoms with Crippen LogP contribution in [0.1, 0.15) is 84.5 Å². The molecule has 2 fully saturated rings. The highest BCUT2D eigenvalue weighted by Gasteiger charge is 2.63. The molecular weight excluding hydrogens is 531 g/mol. The fourth-order valence-corrected chi connectivity index (χ4v) is 7.24. The van der Waals surface area contributed by atoms with E-state index < -0.39 is 29.1 Å². The lowest BCUT2D eigenvalue weighted by atomic mass is 9.54. The molecule has 3 rings (SSSR count). The van der Waals surface area contributed by atoms with E-state index in [-0.39, 0.29) is 69.0 Å². The zero-order valence-corrected chi connectivity index (χ0v) is 24.4. The van der Waals surface area contributed by atoms with Gasteiger partial charge in [0.2, 0.25) is 5.91 Å². The molecule has 228 valence electrons. The quantitative estimate of drug-likeness (QED) is 0.133. The monoisotopic (exact) mass is 576 g/mol. The van der Waals surface area contributed by atoms with Crippen molar-refractivity contribution in [1.82, 2.24) is 5.32 Å². The minimum atomic E-state index is -1.77. The first-order valence-electron chi connectivity index (χ1n) is 14.8. The topological polar surface area (TPSA) is 131 Å². The van der Waals surface area contributed by atoms with E-state index in [0.29, 0.717) is 44.9 Å². The van der Waals surface area contributed by atoms with Gasteiger partial charge >= 0.3 is 5.97 Å². The third kappa shape index (κ3) is 8.33. The van der Waals surface area contributed by atoms with E-state index in [4.69, 9.17) is 4.74 Å². The van der Waals surface area contributed by atoms with E-state index in [9.17, 15) is 24.4 Å². The normalized spacial score (nSPS) is 33.4. The number of unbranched alkanes of at least 4 members (excludes halogenated alkanes) is 2. The molecule has 10 heteroatoms. The van der Waals surface area contributed by atoms with Gasteiger partial charge in [-0.2, -0.15) is 0 Å². The number of aliphatic hydroxyl groups excluding tert-OH is 1. The Balaban J connectivity index is 1.50. The molecule has 2 unspecified atom stereocenters. The average Bonchev–Trinajstić information content (AvgIpc) is 3.25. The van der Waals surface area contributed by atoms with Crippen LogP contribution in [0.4, 0.5) is 4.39 Å². The van der Waals surface area contributed by atoms with E-state index in [0.717, 1.165) is 11.1 Å². The van der Waals surface area contributed by atoms with Crippen LogP contribution < -0.4 is 5.32 Å². The van der Waals surface area contributed by atoms with E-state index in [1.807, 2.05) is 26.0 Å². The Bertz CT molecular complexity index is 1040. The number of hydrogen-bond donors (Lipinski definition) is 2. The van der Waals surface area contributed by atoms with Crippen LogP contribution in [0, 0.1) is 28.1 Å². The molecule has 0 aromatic rings. The van der Waals surface area contributed by atoms with Gasteiger partial charge in [0.1, 0.15) is 18.9 Å². The molecule has 2 saturated carbocycles. The molecule has 6 atom stereocenters. The van der Waals surface area contributed by atoms with Gasteiger partial charge < -0.3 is 20.0 Å². The third-order valence-corrected chi connectivity index (χ3v) is 9.35. The number of hydrogen-bond acceptors (Lipinski definition) is 8. The Morgan fingerprint density at radius 2 is 1.95 bits per heavy atom. The summed E-state index contributed by atoms with van der Waals surface area (Å²) >= 11 is 0. The molecule has 0 aliphatic heterocycles. The van der Waals surface area contributed by atoms with Crippen LogP contribution in [-0.4, -0.2) is 54.3 Å². The van der Waals surface area contributed by atoms with Crippen LogP contribution in [0.5, 0.6) is 0 Å². The molecule has 0 aromatic heterocycles. The minimum absolute atomic E-state index is 0.0552. The van der Waals surface area contributed by atoms with Crippen molar-refractivity contribution >= 4 is 17.7 Å². The SMILES string of the molecule is C=C1/C=C\C[C@@]2(F)[C@@H](O)C[C@]3(C)C(C(=O)COC(=O)CCNC(=O)CCCCCON=O)CCC3[C@@H]2CC/C(C)=C/1. The van der Waals surface area contributed by atoms with E-state index in [2.05, 4.69) is 22.1 Å². The Kier molecular flexibility index (Phi) is 11.8. The molecule has 9 nitrogen and oxygen atoms in total. The number of halogens is 1. The molecule has 3 aliphatic carbocycles. The van der Waals surface area contributed by atoms with Crippen molar-refractivity contribution < 1.29 is 33.5 Å². The standard InChI is InChI=1S/C31H45FN2O7/c1-21-8-7-15-31(32)24(11-10-22(2)18-21)23-12-13-25(30(23,3)19-27(31)36)26(35)20-40-29(38)14-16-33-28(37)9-5-4-6-17-41-34-39/h7-8,18,23-25,27,36H,1,4-6,9-17,19-20H2,2-3H3,(H,33,37)/b8-7-,22-18+/t23?,24-,25?,27-,30-,31-/m0/s1. The molecule has 1 amide bonds. The second-order valence-corrected chi connectivity index (χ2v) is 12.2. The summed E-state index contributed by atoms with van der Waals surface area (Å²) in [5.74, 6) is -1.85. The van der Waals surface area contributed by atoms with Gasteiger partial charge in [-0.1, -0.05) is 37.3 Å². The molecule has 0 radical (unpaired) electrons. The third-order valence-electron chi connectivity index (χ3n) is 9.35. The number of ketones is 1. The molecule has 2 N–H and O–H groups in total. The number of nitrogens with one attached hydrogen (secondary N) is 1. The zero-order chi connectivity index (χ0) is 30.0. The second-order valence-electron chi connectivity index (χ2n) is 12.2. The van der Waals surface area contributed by atoms with Gasteiger partial charge in [-0.3, -0.25) is 14.4 Å². The van der Waals surface area contributed by atoms with Gasteiger partial charge in [0, 0.05) is 25.3 Å². The van der Waals surface area contributed by atoms with Crippen LogP contribution >= 0.6 is 0 Å². The van der Waals surface area contributed by atoms with Crippen molar-refractivity contribution in [3.05, 3.63) is 40.9 Å². The van der Waals surface area contributed by atoms with Gasteiger partial charge in [-0.25, -0.2) is 4.39 Å². The summed E-state index contributed by atoms with van der Waals surface area (Å²) < 4.78 is 21.8. The van der Waals surface area contributed by atoms with Crippen molar-refractivity contribution in [3.63, 3.8) is 0 Å². The lowest BCUT2D eigenvalue weighted by molar-refractivity contribution is -0.162. The molecule has 0 spiro atoms. The number of carbonyl (C=O) groups is 3. The van der Waals surface area contributed by atoms with Crippen LogP contribution in [0.2, 0.25) is 0 Å². The number of alkyl halides is 1. The maximum atomic E-state index is 16.6. The average molecular weight is 577 g/mol. The molecule has 0 aromatic carbocycles. The van der Waals surface area contributed by atoms with Crippen LogP contribution in [-0.2, 0) is 24.0 Å². The highest BCUT2D eigenvalue weighted by molar-refractivity contribution is 5.85. The number of Topliss-reactive ketones (excluding diaryl/α,β-unsaturated/α-hetero) is 1. The fraction of sp³-hybridized carbons (Fsp3) is 0.710. The zero-order valence-electron chi connectivity index (χ0n) is 24.4. The number of nitrogens with zero attached hydrogens (tertiary/aromatic N) is 1. The Morgan fingerprint density at radius 3 is 2.71 bits per heavy atom. The summed E-state index contributed by atoms with van der Waals surface area (Å²) in [6.07, 6.45) is 9.42. The molecule has 0 bridgehead atoms. The van der Waals surface area contributed by atoms with Gasteiger partial charge in [-0.05, 0) is 81.1 Å². The summed E-state index contributed by atoms with van der Waals surface area (Å²) in [4.78, 5) is 51.6. The van der Waals surface area contributed by atoms with E-state index in [1.54, 1.807) is 6.08 Å². The van der Waals surface area contributed by atoms with E-state index >= 15 is 4.39 Å². The summed E-state index contributed by atoms with van der Waals surface area (Å²) in [5.41, 5.74) is -0.424. The number of aliphatic hydroxyl groups is 1. The number of amides is 1. The molecule has 3 aliphatic rings. The summed E-state index contributed by atoms with van der Waals surface area (Å²) in [7, 11) is 0. The van der Waals surface area contributed by atoms with Crippen LogP contribution in [0.15, 0.2) is 41.3 Å². The molecular formula is C31H45FN2O7. The van der Waals surface area contributed by atoms with Gasteiger partial charge in [0.25, 0.3) is 0 Å². The van der Waals surface area contributed by atoms with Crippen molar-refractivity contribution in [1.29, 1.82) is 0 Å². The highest BCUT2D eigenvalue weighted by atomic mass is 19.1. The molecule has 0 heterocycles. The van der Waals surface area contributed by atoms with Gasteiger partial charge in [0.15, 0.2) is 11.1 Å².